The van der Waals surface area contributed by atoms with Crippen molar-refractivity contribution in [1.29, 1.82) is 0 Å². The Morgan fingerprint density at radius 2 is 1.79 bits per heavy atom. The summed E-state index contributed by atoms with van der Waals surface area (Å²) in [5.74, 6) is 0.626. The van der Waals surface area contributed by atoms with Crippen molar-refractivity contribution >= 4 is 16.0 Å². The largest absolute Gasteiger partial charge is 0.455 e. The number of sulfonamides is 1. The monoisotopic (exact) mass is 414 g/mol. The number of rotatable bonds is 8. The highest BCUT2D eigenvalue weighted by molar-refractivity contribution is 7.88. The molecule has 0 radical (unpaired) electrons. The SMILES string of the molecule is Cc1oc(-c2ccccc2)nc1COC(=O)c1ccc(CCNS(C)(=O)=O)cc1. The molecule has 0 fully saturated rings. The van der Waals surface area contributed by atoms with Crippen molar-refractivity contribution in [3.05, 3.63) is 77.2 Å². The Kier molecular flexibility index (Phi) is 6.46. The van der Waals surface area contributed by atoms with E-state index in [0.717, 1.165) is 17.4 Å². The number of aryl methyl sites for hydroxylation is 1. The lowest BCUT2D eigenvalue weighted by atomic mass is 10.1. The van der Waals surface area contributed by atoms with Crippen LogP contribution in [0.2, 0.25) is 0 Å². The number of ether oxygens (including phenoxy) is 1. The van der Waals surface area contributed by atoms with Gasteiger partial charge in [-0.1, -0.05) is 30.3 Å². The zero-order chi connectivity index (χ0) is 20.9. The van der Waals surface area contributed by atoms with Gasteiger partial charge in [-0.05, 0) is 43.2 Å². The number of aromatic nitrogens is 1. The molecule has 29 heavy (non-hydrogen) atoms. The number of benzene rings is 2. The number of esters is 1. The molecule has 0 unspecified atom stereocenters. The zero-order valence-corrected chi connectivity index (χ0v) is 17.0. The van der Waals surface area contributed by atoms with Crippen molar-refractivity contribution in [3.8, 4) is 11.5 Å². The molecule has 0 aliphatic carbocycles. The topological polar surface area (TPSA) is 98.5 Å². The smallest absolute Gasteiger partial charge is 0.338 e. The molecule has 3 aromatic rings. The maximum atomic E-state index is 12.3. The molecule has 2 aromatic carbocycles. The number of nitrogens with one attached hydrogen (secondary N) is 1. The van der Waals surface area contributed by atoms with Gasteiger partial charge in [0.25, 0.3) is 0 Å². The Morgan fingerprint density at radius 3 is 2.45 bits per heavy atom. The fourth-order valence-corrected chi connectivity index (χ4v) is 3.14. The molecule has 152 valence electrons. The molecule has 1 aromatic heterocycles. The summed E-state index contributed by atoms with van der Waals surface area (Å²) in [5.41, 5.74) is 2.75. The van der Waals surface area contributed by atoms with Gasteiger partial charge in [0.15, 0.2) is 0 Å². The van der Waals surface area contributed by atoms with Crippen LogP contribution in [-0.2, 0) is 27.8 Å². The third-order valence-corrected chi connectivity index (χ3v) is 4.95. The van der Waals surface area contributed by atoms with Crippen molar-refractivity contribution in [2.75, 3.05) is 12.8 Å². The number of oxazole rings is 1. The minimum atomic E-state index is -3.21. The molecule has 0 aliphatic rings. The summed E-state index contributed by atoms with van der Waals surface area (Å²) in [6, 6.07) is 16.4. The summed E-state index contributed by atoms with van der Waals surface area (Å²) in [5, 5.41) is 0. The first-order valence-corrected chi connectivity index (χ1v) is 10.9. The van der Waals surface area contributed by atoms with E-state index in [-0.39, 0.29) is 6.61 Å². The van der Waals surface area contributed by atoms with Crippen LogP contribution in [0.25, 0.3) is 11.5 Å². The van der Waals surface area contributed by atoms with Crippen molar-refractivity contribution < 1.29 is 22.4 Å². The molecule has 0 amide bonds. The summed E-state index contributed by atoms with van der Waals surface area (Å²) in [6.07, 6.45) is 1.65. The predicted octanol–water partition coefficient (Wildman–Crippen LogP) is 3.10. The standard InChI is InChI=1S/C21H22N2O5S/c1-15-19(23-20(28-15)17-6-4-3-5-7-17)14-27-21(24)18-10-8-16(9-11-18)12-13-22-29(2,25)26/h3-11,22H,12-14H2,1-2H3. The van der Waals surface area contributed by atoms with Gasteiger partial charge in [-0.15, -0.1) is 0 Å². The molecule has 0 atom stereocenters. The summed E-state index contributed by atoms with van der Waals surface area (Å²) in [6.45, 7) is 2.10. The van der Waals surface area contributed by atoms with E-state index in [4.69, 9.17) is 9.15 Å². The quantitative estimate of drug-likeness (QED) is 0.569. The molecule has 8 heteroatoms. The van der Waals surface area contributed by atoms with Crippen LogP contribution in [0.3, 0.4) is 0 Å². The van der Waals surface area contributed by atoms with Crippen molar-refractivity contribution in [2.24, 2.45) is 0 Å². The van der Waals surface area contributed by atoms with Crippen molar-refractivity contribution in [2.45, 2.75) is 20.0 Å². The van der Waals surface area contributed by atoms with Gasteiger partial charge in [0.1, 0.15) is 18.1 Å². The Morgan fingerprint density at radius 1 is 1.10 bits per heavy atom. The molecule has 1 heterocycles. The van der Waals surface area contributed by atoms with Gasteiger partial charge < -0.3 is 9.15 Å². The molecule has 0 spiro atoms. The lowest BCUT2D eigenvalue weighted by molar-refractivity contribution is 0.0467. The van der Waals surface area contributed by atoms with Gasteiger partial charge in [0.05, 0.1) is 11.8 Å². The molecule has 0 bridgehead atoms. The Bertz CT molecular complexity index is 1070. The van der Waals surface area contributed by atoms with Crippen molar-refractivity contribution in [1.82, 2.24) is 9.71 Å². The van der Waals surface area contributed by atoms with Crippen LogP contribution in [0.4, 0.5) is 0 Å². The average molecular weight is 414 g/mol. The second-order valence-corrected chi connectivity index (χ2v) is 8.41. The highest BCUT2D eigenvalue weighted by Crippen LogP contribution is 2.22. The van der Waals surface area contributed by atoms with Gasteiger partial charge in [0.2, 0.25) is 15.9 Å². The predicted molar refractivity (Wildman–Crippen MR) is 109 cm³/mol. The lowest BCUT2D eigenvalue weighted by Crippen LogP contribution is -2.24. The van der Waals surface area contributed by atoms with Crippen LogP contribution in [0.5, 0.6) is 0 Å². The van der Waals surface area contributed by atoms with Gasteiger partial charge in [-0.2, -0.15) is 0 Å². The third kappa shape index (κ3) is 6.00. The lowest BCUT2D eigenvalue weighted by Gasteiger charge is -2.06. The molecule has 3 rings (SSSR count). The first-order chi connectivity index (χ1) is 13.8. The molecule has 0 aliphatic heterocycles. The fourth-order valence-electron chi connectivity index (χ4n) is 2.67. The molecule has 0 saturated carbocycles. The van der Waals surface area contributed by atoms with Crippen LogP contribution in [-0.4, -0.2) is 32.2 Å². The van der Waals surface area contributed by atoms with Crippen LogP contribution >= 0.6 is 0 Å². The average Bonchev–Trinajstić information content (AvgIpc) is 3.07. The maximum absolute atomic E-state index is 12.3. The summed E-state index contributed by atoms with van der Waals surface area (Å²) in [7, 11) is -3.21. The normalized spacial score (nSPS) is 11.4. The summed E-state index contributed by atoms with van der Waals surface area (Å²) in [4.78, 5) is 16.7. The molecule has 7 nitrogen and oxygen atoms in total. The highest BCUT2D eigenvalue weighted by atomic mass is 32.2. The number of carbonyl (C=O) groups excluding carboxylic acids is 1. The van der Waals surface area contributed by atoms with Gasteiger partial charge in [0, 0.05) is 12.1 Å². The Hall–Kier alpha value is -2.97. The van der Waals surface area contributed by atoms with E-state index in [2.05, 4.69) is 9.71 Å². The Labute approximate surface area is 169 Å². The van der Waals surface area contributed by atoms with Crippen LogP contribution in [0.1, 0.15) is 27.4 Å². The van der Waals surface area contributed by atoms with Crippen LogP contribution < -0.4 is 4.72 Å². The molecule has 1 N–H and O–H groups in total. The van der Waals surface area contributed by atoms with E-state index in [1.54, 1.807) is 31.2 Å². The Balaban J connectivity index is 1.56. The van der Waals surface area contributed by atoms with Crippen LogP contribution in [0.15, 0.2) is 59.0 Å². The second kappa shape index (κ2) is 9.02. The van der Waals surface area contributed by atoms with E-state index in [1.165, 1.54) is 0 Å². The zero-order valence-electron chi connectivity index (χ0n) is 16.2. The number of nitrogens with zero attached hydrogens (tertiary/aromatic N) is 1. The van der Waals surface area contributed by atoms with Gasteiger partial charge in [-0.3, -0.25) is 0 Å². The summed E-state index contributed by atoms with van der Waals surface area (Å²) >= 11 is 0. The highest BCUT2D eigenvalue weighted by Gasteiger charge is 2.14. The van der Waals surface area contributed by atoms with Gasteiger partial charge >= 0.3 is 5.97 Å². The first-order valence-electron chi connectivity index (χ1n) is 9.04. The second-order valence-electron chi connectivity index (χ2n) is 6.58. The minimum Gasteiger partial charge on any atom is -0.455 e. The van der Waals surface area contributed by atoms with E-state index >= 15 is 0 Å². The summed E-state index contributed by atoms with van der Waals surface area (Å²) < 4.78 is 35.6. The van der Waals surface area contributed by atoms with E-state index in [1.807, 2.05) is 30.3 Å². The minimum absolute atomic E-state index is 0.0149. The van der Waals surface area contributed by atoms with E-state index < -0.39 is 16.0 Å². The van der Waals surface area contributed by atoms with Crippen molar-refractivity contribution in [3.63, 3.8) is 0 Å². The molecule has 0 saturated heterocycles. The maximum Gasteiger partial charge on any atom is 0.338 e. The molecular weight excluding hydrogens is 392 g/mol. The fraction of sp³-hybridized carbons (Fsp3) is 0.238. The number of hydrogen-bond donors (Lipinski definition) is 1. The molecular formula is C21H22N2O5S. The van der Waals surface area contributed by atoms with E-state index in [9.17, 15) is 13.2 Å². The first kappa shape index (κ1) is 20.8. The number of carbonyl (C=O) groups is 1. The van der Waals surface area contributed by atoms with E-state index in [0.29, 0.717) is 35.9 Å². The third-order valence-electron chi connectivity index (χ3n) is 4.22. The van der Waals surface area contributed by atoms with Gasteiger partial charge in [-0.25, -0.2) is 22.9 Å². The number of hydrogen-bond acceptors (Lipinski definition) is 6. The van der Waals surface area contributed by atoms with Crippen LogP contribution in [0, 0.1) is 6.92 Å².